The van der Waals surface area contributed by atoms with Crippen LogP contribution in [0.4, 0.5) is 18.2 Å². The maximum absolute atomic E-state index is 12.7. The second-order valence-corrected chi connectivity index (χ2v) is 7.47. The number of amides is 2. The van der Waals surface area contributed by atoms with E-state index in [0.717, 1.165) is 22.1 Å². The van der Waals surface area contributed by atoms with Crippen molar-refractivity contribution in [2.24, 2.45) is 5.73 Å². The van der Waals surface area contributed by atoms with Crippen molar-refractivity contribution in [3.05, 3.63) is 33.5 Å². The van der Waals surface area contributed by atoms with Gasteiger partial charge in [0.2, 0.25) is 5.91 Å². The maximum Gasteiger partial charge on any atom is 0.435 e. The summed E-state index contributed by atoms with van der Waals surface area (Å²) in [6.45, 7) is 4.83. The molecular formula is C18H21F3N4O4S. The molecule has 2 amide bonds. The van der Waals surface area contributed by atoms with Gasteiger partial charge in [-0.2, -0.15) is 18.3 Å². The number of alkyl halides is 3. The highest BCUT2D eigenvalue weighted by molar-refractivity contribution is 7.18. The second kappa shape index (κ2) is 9.28. The molecule has 0 aliphatic carbocycles. The number of carbonyl (C=O) groups is 3. The molecule has 0 spiro atoms. The van der Waals surface area contributed by atoms with Gasteiger partial charge in [-0.1, -0.05) is 6.92 Å². The van der Waals surface area contributed by atoms with Gasteiger partial charge in [0.25, 0.3) is 5.91 Å². The van der Waals surface area contributed by atoms with E-state index in [9.17, 15) is 27.6 Å². The zero-order chi connectivity index (χ0) is 22.6. The van der Waals surface area contributed by atoms with Crippen LogP contribution in [-0.4, -0.2) is 34.2 Å². The lowest BCUT2D eigenvalue weighted by Crippen LogP contribution is -2.17. The van der Waals surface area contributed by atoms with Gasteiger partial charge in [0.1, 0.15) is 5.00 Å². The molecular weight excluding hydrogens is 425 g/mol. The minimum absolute atomic E-state index is 0.0326. The van der Waals surface area contributed by atoms with Gasteiger partial charge in [-0.05, 0) is 31.9 Å². The Morgan fingerprint density at radius 2 is 1.97 bits per heavy atom. The number of nitrogens with one attached hydrogen (secondary N) is 1. The first-order valence-electron chi connectivity index (χ1n) is 8.97. The fourth-order valence-corrected chi connectivity index (χ4v) is 3.68. The number of nitrogens with zero attached hydrogens (tertiary/aromatic N) is 2. The highest BCUT2D eigenvalue weighted by atomic mass is 32.1. The van der Waals surface area contributed by atoms with Gasteiger partial charge < -0.3 is 15.8 Å². The van der Waals surface area contributed by atoms with E-state index in [0.29, 0.717) is 12.0 Å². The standard InChI is InChI=1S/C18H21F3N4O4S/c1-4-7-29-17(28)13-10(3)14(15(22)27)30-16(13)23-12(26)5-6-25-9(2)8-11(24-25)18(19,20)21/h8H,4-7H2,1-3H3,(H2,22,27)(H,23,26). The van der Waals surface area contributed by atoms with Crippen LogP contribution >= 0.6 is 11.3 Å². The summed E-state index contributed by atoms with van der Waals surface area (Å²) in [7, 11) is 0. The Bertz CT molecular complexity index is 966. The minimum Gasteiger partial charge on any atom is -0.462 e. The first kappa shape index (κ1) is 23.4. The molecule has 30 heavy (non-hydrogen) atoms. The Morgan fingerprint density at radius 3 is 2.50 bits per heavy atom. The van der Waals surface area contributed by atoms with E-state index in [1.54, 1.807) is 0 Å². The van der Waals surface area contributed by atoms with Gasteiger partial charge in [0, 0.05) is 18.7 Å². The topological polar surface area (TPSA) is 116 Å². The summed E-state index contributed by atoms with van der Waals surface area (Å²) in [5.74, 6) is -2.03. The average molecular weight is 446 g/mol. The lowest BCUT2D eigenvalue weighted by molar-refractivity contribution is -0.141. The van der Waals surface area contributed by atoms with Crippen molar-refractivity contribution in [2.45, 2.75) is 46.3 Å². The Kier molecular flexibility index (Phi) is 7.24. The van der Waals surface area contributed by atoms with Crippen molar-refractivity contribution >= 4 is 34.1 Å². The first-order chi connectivity index (χ1) is 14.0. The van der Waals surface area contributed by atoms with E-state index in [1.807, 2.05) is 6.92 Å². The van der Waals surface area contributed by atoms with Crippen LogP contribution in [0.2, 0.25) is 0 Å². The molecule has 0 radical (unpaired) electrons. The van der Waals surface area contributed by atoms with Crippen LogP contribution in [0.5, 0.6) is 0 Å². The fourth-order valence-electron chi connectivity index (χ4n) is 2.62. The van der Waals surface area contributed by atoms with E-state index in [2.05, 4.69) is 10.4 Å². The number of thiophene rings is 1. The third-order valence-electron chi connectivity index (χ3n) is 4.09. The van der Waals surface area contributed by atoms with Crippen molar-refractivity contribution in [1.29, 1.82) is 0 Å². The third kappa shape index (κ3) is 5.38. The number of anilines is 1. The van der Waals surface area contributed by atoms with Crippen molar-refractivity contribution in [1.82, 2.24) is 9.78 Å². The molecule has 3 N–H and O–H groups in total. The number of hydrogen-bond acceptors (Lipinski definition) is 6. The number of nitrogens with two attached hydrogens (primary N) is 1. The lowest BCUT2D eigenvalue weighted by atomic mass is 10.1. The molecule has 12 heteroatoms. The number of carbonyl (C=O) groups excluding carboxylic acids is 3. The number of esters is 1. The van der Waals surface area contributed by atoms with Crippen LogP contribution in [0.25, 0.3) is 0 Å². The molecule has 0 aliphatic heterocycles. The quantitative estimate of drug-likeness (QED) is 0.604. The largest absolute Gasteiger partial charge is 0.462 e. The SMILES string of the molecule is CCCOC(=O)c1c(NC(=O)CCn2nc(C(F)(F)F)cc2C)sc(C(N)=O)c1C. The molecule has 0 saturated heterocycles. The van der Waals surface area contributed by atoms with Gasteiger partial charge in [-0.15, -0.1) is 11.3 Å². The molecule has 8 nitrogen and oxygen atoms in total. The van der Waals surface area contributed by atoms with Crippen LogP contribution < -0.4 is 11.1 Å². The maximum atomic E-state index is 12.7. The number of primary amides is 1. The van der Waals surface area contributed by atoms with E-state index < -0.39 is 29.7 Å². The molecule has 2 aromatic rings. The van der Waals surface area contributed by atoms with Gasteiger partial charge in [-0.25, -0.2) is 4.79 Å². The molecule has 0 saturated carbocycles. The molecule has 0 fully saturated rings. The number of hydrogen-bond donors (Lipinski definition) is 2. The highest BCUT2D eigenvalue weighted by Gasteiger charge is 2.34. The lowest BCUT2D eigenvalue weighted by Gasteiger charge is -2.08. The van der Waals surface area contributed by atoms with Crippen LogP contribution in [0.3, 0.4) is 0 Å². The van der Waals surface area contributed by atoms with E-state index in [4.69, 9.17) is 10.5 Å². The number of aryl methyl sites for hydroxylation is 2. The Labute approximate surface area is 174 Å². The summed E-state index contributed by atoms with van der Waals surface area (Å²) in [5, 5.41) is 6.08. The van der Waals surface area contributed by atoms with Gasteiger partial charge in [0.15, 0.2) is 5.69 Å². The van der Waals surface area contributed by atoms with Crippen molar-refractivity contribution in [3.63, 3.8) is 0 Å². The normalized spacial score (nSPS) is 11.4. The number of aromatic nitrogens is 2. The van der Waals surface area contributed by atoms with Gasteiger partial charge in [0.05, 0.1) is 17.0 Å². The van der Waals surface area contributed by atoms with Crippen molar-refractivity contribution in [2.75, 3.05) is 11.9 Å². The van der Waals surface area contributed by atoms with Gasteiger partial charge >= 0.3 is 12.1 Å². The minimum atomic E-state index is -4.58. The zero-order valence-corrected chi connectivity index (χ0v) is 17.4. The molecule has 0 bridgehead atoms. The van der Waals surface area contributed by atoms with Crippen LogP contribution in [0, 0.1) is 13.8 Å². The molecule has 0 unspecified atom stereocenters. The Morgan fingerprint density at radius 1 is 1.30 bits per heavy atom. The third-order valence-corrected chi connectivity index (χ3v) is 5.31. The van der Waals surface area contributed by atoms with Gasteiger partial charge in [-0.3, -0.25) is 14.3 Å². The number of ether oxygens (including phenoxy) is 1. The number of rotatable bonds is 8. The smallest absolute Gasteiger partial charge is 0.435 e. The van der Waals surface area contributed by atoms with Crippen molar-refractivity contribution < 1.29 is 32.3 Å². The predicted molar refractivity (Wildman–Crippen MR) is 103 cm³/mol. The number of halogens is 3. The molecule has 0 aliphatic rings. The zero-order valence-electron chi connectivity index (χ0n) is 16.6. The average Bonchev–Trinajstić information content (AvgIpc) is 3.18. The monoisotopic (exact) mass is 446 g/mol. The van der Waals surface area contributed by atoms with E-state index >= 15 is 0 Å². The van der Waals surface area contributed by atoms with Crippen LogP contribution in [0.15, 0.2) is 6.07 Å². The van der Waals surface area contributed by atoms with Crippen LogP contribution in [-0.2, 0) is 22.3 Å². The molecule has 0 aromatic carbocycles. The molecule has 0 atom stereocenters. The molecule has 164 valence electrons. The van der Waals surface area contributed by atoms with E-state index in [1.165, 1.54) is 13.8 Å². The molecule has 2 aromatic heterocycles. The summed E-state index contributed by atoms with van der Waals surface area (Å²) in [5.41, 5.74) is 4.86. The second-order valence-electron chi connectivity index (χ2n) is 6.45. The Hall–Kier alpha value is -2.89. The highest BCUT2D eigenvalue weighted by Crippen LogP contribution is 2.34. The first-order valence-corrected chi connectivity index (χ1v) is 9.79. The summed E-state index contributed by atoms with van der Waals surface area (Å²) in [4.78, 5) is 36.4. The summed E-state index contributed by atoms with van der Waals surface area (Å²) in [6, 6.07) is 0.890. The molecule has 2 rings (SSSR count). The summed E-state index contributed by atoms with van der Waals surface area (Å²) < 4.78 is 44.4. The summed E-state index contributed by atoms with van der Waals surface area (Å²) in [6.07, 6.45) is -4.19. The Balaban J connectivity index is 2.16. The summed E-state index contributed by atoms with van der Waals surface area (Å²) >= 11 is 0.838. The van der Waals surface area contributed by atoms with E-state index in [-0.39, 0.29) is 40.7 Å². The fraction of sp³-hybridized carbons (Fsp3) is 0.444. The van der Waals surface area contributed by atoms with Crippen molar-refractivity contribution in [3.8, 4) is 0 Å². The predicted octanol–water partition coefficient (Wildman–Crippen LogP) is 3.27. The molecule has 2 heterocycles. The van der Waals surface area contributed by atoms with Crippen LogP contribution in [0.1, 0.15) is 56.7 Å².